The van der Waals surface area contributed by atoms with Crippen molar-refractivity contribution in [3.05, 3.63) is 59.0 Å². The molecule has 8 nitrogen and oxygen atoms in total. The van der Waals surface area contributed by atoms with Crippen LogP contribution in [0.15, 0.2) is 39.4 Å². The Morgan fingerprint density at radius 1 is 1.07 bits per heavy atom. The van der Waals surface area contributed by atoms with Crippen LogP contribution in [0, 0.1) is 27.7 Å². The maximum atomic E-state index is 5.13. The Labute approximate surface area is 170 Å². The molecule has 0 saturated carbocycles. The highest BCUT2D eigenvalue weighted by Crippen LogP contribution is 2.26. The minimum atomic E-state index is 0.522. The predicted octanol–water partition coefficient (Wildman–Crippen LogP) is 4.29. The van der Waals surface area contributed by atoms with E-state index in [1.807, 2.05) is 50.7 Å². The lowest BCUT2D eigenvalue weighted by atomic mass is 10.2. The smallest absolute Gasteiger partial charge is 0.160 e. The third-order valence-electron chi connectivity index (χ3n) is 3.94. The molecule has 0 aliphatic rings. The van der Waals surface area contributed by atoms with E-state index in [0.717, 1.165) is 45.4 Å². The fraction of sp³-hybridized carbons (Fsp3) is 0.381. The summed E-state index contributed by atoms with van der Waals surface area (Å²) in [5.41, 5.74) is 3.00. The van der Waals surface area contributed by atoms with Gasteiger partial charge < -0.3 is 19.0 Å². The van der Waals surface area contributed by atoms with E-state index in [2.05, 4.69) is 38.3 Å². The third-order valence-corrected chi connectivity index (χ3v) is 3.94. The van der Waals surface area contributed by atoms with Gasteiger partial charge in [-0.1, -0.05) is 5.16 Å². The second kappa shape index (κ2) is 10.4. The Hall–Kier alpha value is -3.13. The summed E-state index contributed by atoms with van der Waals surface area (Å²) in [4.78, 5) is 4.58. The molecule has 0 fully saturated rings. The van der Waals surface area contributed by atoms with Crippen LogP contribution in [-0.4, -0.2) is 41.2 Å². The van der Waals surface area contributed by atoms with Gasteiger partial charge in [-0.25, -0.2) is 9.67 Å². The van der Waals surface area contributed by atoms with Gasteiger partial charge in [-0.15, -0.1) is 0 Å². The van der Waals surface area contributed by atoms with E-state index in [-0.39, 0.29) is 0 Å². The predicted molar refractivity (Wildman–Crippen MR) is 113 cm³/mol. The number of hydrogen-bond donors (Lipinski definition) is 1. The van der Waals surface area contributed by atoms with Crippen LogP contribution in [0.5, 0.6) is 0 Å². The first-order valence-electron chi connectivity index (χ1n) is 9.24. The van der Waals surface area contributed by atoms with Gasteiger partial charge in [0.05, 0.1) is 11.6 Å². The molecule has 0 atom stereocenters. The fourth-order valence-electron chi connectivity index (χ4n) is 2.83. The molecule has 4 aromatic heterocycles. The Bertz CT molecular complexity index is 1000. The van der Waals surface area contributed by atoms with E-state index in [1.54, 1.807) is 20.4 Å². The Morgan fingerprint density at radius 3 is 2.21 bits per heavy atom. The molecular formula is C21H29N5O3. The molecule has 0 radical (unpaired) electrons. The molecule has 0 bridgehead atoms. The number of pyridine rings is 1. The van der Waals surface area contributed by atoms with Crippen molar-refractivity contribution in [2.75, 3.05) is 26.6 Å². The third kappa shape index (κ3) is 5.92. The second-order valence-corrected chi connectivity index (χ2v) is 6.58. The van der Waals surface area contributed by atoms with Gasteiger partial charge in [-0.05, 0) is 51.5 Å². The van der Waals surface area contributed by atoms with E-state index in [1.165, 1.54) is 0 Å². The molecule has 0 saturated heterocycles. The summed E-state index contributed by atoms with van der Waals surface area (Å²) >= 11 is 0. The van der Waals surface area contributed by atoms with Crippen LogP contribution in [0.2, 0.25) is 0 Å². The fourth-order valence-corrected chi connectivity index (χ4v) is 2.83. The van der Waals surface area contributed by atoms with Gasteiger partial charge in [0.25, 0.3) is 0 Å². The number of ether oxygens (including phenoxy) is 1. The average Bonchev–Trinajstić information content (AvgIpc) is 3.38. The molecule has 4 heterocycles. The van der Waals surface area contributed by atoms with Gasteiger partial charge in [-0.2, -0.15) is 5.10 Å². The largest absolute Gasteiger partial charge is 0.467 e. The van der Waals surface area contributed by atoms with Crippen molar-refractivity contribution in [3.63, 3.8) is 0 Å². The van der Waals surface area contributed by atoms with Gasteiger partial charge in [0, 0.05) is 33.0 Å². The van der Waals surface area contributed by atoms with Crippen LogP contribution < -0.4 is 5.32 Å². The number of anilines is 1. The first-order valence-corrected chi connectivity index (χ1v) is 9.24. The lowest BCUT2D eigenvalue weighted by Crippen LogP contribution is -2.03. The maximum Gasteiger partial charge on any atom is 0.160 e. The summed E-state index contributed by atoms with van der Waals surface area (Å²) in [7, 11) is 5.11. The van der Waals surface area contributed by atoms with Crippen molar-refractivity contribution in [1.82, 2.24) is 19.9 Å². The number of nitrogens with zero attached hydrogens (tertiary/aromatic N) is 4. The van der Waals surface area contributed by atoms with Crippen molar-refractivity contribution in [2.45, 2.75) is 34.2 Å². The first-order chi connectivity index (χ1) is 13.9. The zero-order valence-electron chi connectivity index (χ0n) is 18.1. The first kappa shape index (κ1) is 22.2. The molecular weight excluding hydrogens is 370 g/mol. The highest BCUT2D eigenvalue weighted by atomic mass is 16.5. The van der Waals surface area contributed by atoms with Crippen molar-refractivity contribution >= 4 is 16.9 Å². The van der Waals surface area contributed by atoms with E-state index in [4.69, 9.17) is 8.94 Å². The van der Waals surface area contributed by atoms with E-state index >= 15 is 0 Å². The SMILES string of the molecule is CNc1nn(Cc2ccno2)c2nc(C)cc(C)c12.COC.Cc1ccc(C)o1. The molecule has 29 heavy (non-hydrogen) atoms. The van der Waals surface area contributed by atoms with Crippen LogP contribution in [0.3, 0.4) is 0 Å². The summed E-state index contributed by atoms with van der Waals surface area (Å²) < 4.78 is 16.3. The number of rotatable bonds is 3. The molecule has 0 unspecified atom stereocenters. The normalized spacial score (nSPS) is 10.2. The Morgan fingerprint density at radius 2 is 1.72 bits per heavy atom. The molecule has 156 valence electrons. The maximum absolute atomic E-state index is 5.13. The monoisotopic (exact) mass is 399 g/mol. The minimum absolute atomic E-state index is 0.522. The number of hydrogen-bond acceptors (Lipinski definition) is 7. The van der Waals surface area contributed by atoms with Crippen LogP contribution in [0.1, 0.15) is 28.5 Å². The lowest BCUT2D eigenvalue weighted by Gasteiger charge is -2.02. The number of furan rings is 1. The summed E-state index contributed by atoms with van der Waals surface area (Å²) in [6.45, 7) is 8.45. The summed E-state index contributed by atoms with van der Waals surface area (Å²) in [6, 6.07) is 7.80. The molecule has 0 amide bonds. The highest BCUT2D eigenvalue weighted by molar-refractivity contribution is 5.90. The number of nitrogens with one attached hydrogen (secondary N) is 1. The zero-order chi connectivity index (χ0) is 21.4. The Kier molecular flexibility index (Phi) is 7.97. The van der Waals surface area contributed by atoms with Crippen molar-refractivity contribution in [3.8, 4) is 0 Å². The summed E-state index contributed by atoms with van der Waals surface area (Å²) in [5.74, 6) is 3.56. The molecule has 1 N–H and O–H groups in total. The quantitative estimate of drug-likeness (QED) is 0.549. The average molecular weight is 399 g/mol. The van der Waals surface area contributed by atoms with Crippen LogP contribution in [0.4, 0.5) is 5.82 Å². The topological polar surface area (TPSA) is 91.1 Å². The van der Waals surface area contributed by atoms with Crippen molar-refractivity contribution < 1.29 is 13.7 Å². The highest BCUT2D eigenvalue weighted by Gasteiger charge is 2.15. The van der Waals surface area contributed by atoms with Crippen LogP contribution >= 0.6 is 0 Å². The van der Waals surface area contributed by atoms with E-state index in [9.17, 15) is 0 Å². The van der Waals surface area contributed by atoms with E-state index < -0.39 is 0 Å². The Balaban J connectivity index is 0.000000250. The summed E-state index contributed by atoms with van der Waals surface area (Å²) in [5, 5.41) is 12.4. The number of aryl methyl sites for hydroxylation is 4. The number of methoxy groups -OCH3 is 1. The van der Waals surface area contributed by atoms with Crippen LogP contribution in [-0.2, 0) is 11.3 Å². The lowest BCUT2D eigenvalue weighted by molar-refractivity contribution is 0.277. The zero-order valence-corrected chi connectivity index (χ0v) is 18.1. The van der Waals surface area contributed by atoms with E-state index in [0.29, 0.717) is 6.54 Å². The minimum Gasteiger partial charge on any atom is -0.467 e. The number of aromatic nitrogens is 4. The molecule has 0 aromatic carbocycles. The van der Waals surface area contributed by atoms with Crippen molar-refractivity contribution in [2.24, 2.45) is 0 Å². The van der Waals surface area contributed by atoms with Crippen LogP contribution in [0.25, 0.3) is 11.0 Å². The second-order valence-electron chi connectivity index (χ2n) is 6.58. The molecule has 0 aliphatic carbocycles. The summed E-state index contributed by atoms with van der Waals surface area (Å²) in [6.07, 6.45) is 1.63. The molecule has 4 rings (SSSR count). The van der Waals surface area contributed by atoms with Gasteiger partial charge in [-0.3, -0.25) is 0 Å². The van der Waals surface area contributed by atoms with Gasteiger partial charge >= 0.3 is 0 Å². The van der Waals surface area contributed by atoms with Gasteiger partial charge in [0.1, 0.15) is 18.1 Å². The standard InChI is InChI=1S/C13H15N5O.C6H8O.C2H6O/c1-8-6-9(2)16-13-11(8)12(14-3)17-18(13)7-10-4-5-15-19-10;1-5-3-4-6(2)7-5;1-3-2/h4-6H,7H2,1-3H3,(H,14,17);3-4H,1-2H3;1-2H3. The van der Waals surface area contributed by atoms with Gasteiger partial charge in [0.2, 0.25) is 0 Å². The molecule has 4 aromatic rings. The molecule has 0 spiro atoms. The number of fused-ring (bicyclic) bond motifs is 1. The molecule has 8 heteroatoms. The molecule has 0 aliphatic heterocycles. The van der Waals surface area contributed by atoms with Gasteiger partial charge in [0.15, 0.2) is 17.2 Å². The van der Waals surface area contributed by atoms with Crippen molar-refractivity contribution in [1.29, 1.82) is 0 Å².